The van der Waals surface area contributed by atoms with Crippen molar-refractivity contribution in [3.05, 3.63) is 24.0 Å². The van der Waals surface area contributed by atoms with Gasteiger partial charge in [-0.3, -0.25) is 5.10 Å². The Labute approximate surface area is 104 Å². The van der Waals surface area contributed by atoms with E-state index >= 15 is 0 Å². The number of sulfonamides is 1. The van der Waals surface area contributed by atoms with Crippen molar-refractivity contribution in [2.24, 2.45) is 0 Å². The predicted octanol–water partition coefficient (Wildman–Crippen LogP) is -0.192. The van der Waals surface area contributed by atoms with Gasteiger partial charge in [0.15, 0.2) is 0 Å². The van der Waals surface area contributed by atoms with Gasteiger partial charge in [-0.15, -0.1) is 10.2 Å². The summed E-state index contributed by atoms with van der Waals surface area (Å²) in [6, 6.07) is 0. The molecule has 0 radical (unpaired) electrons. The summed E-state index contributed by atoms with van der Waals surface area (Å²) in [4.78, 5) is 0.144. The summed E-state index contributed by atoms with van der Waals surface area (Å²) in [5.74, 6) is 0.572. The highest BCUT2D eigenvalue weighted by atomic mass is 32.2. The highest BCUT2D eigenvalue weighted by Crippen LogP contribution is 2.11. The van der Waals surface area contributed by atoms with E-state index < -0.39 is 10.0 Å². The normalized spacial score (nSPS) is 11.9. The molecule has 0 aromatic carbocycles. The molecule has 2 N–H and O–H groups in total. The molecule has 0 aliphatic heterocycles. The van der Waals surface area contributed by atoms with E-state index in [1.165, 1.54) is 6.20 Å². The van der Waals surface area contributed by atoms with E-state index in [2.05, 4.69) is 25.1 Å². The maximum absolute atomic E-state index is 12.0. The van der Waals surface area contributed by atoms with Crippen LogP contribution in [0.15, 0.2) is 17.4 Å². The Kier molecular flexibility index (Phi) is 3.43. The molecule has 8 nitrogen and oxygen atoms in total. The summed E-state index contributed by atoms with van der Waals surface area (Å²) in [5.41, 5.74) is 0.499. The van der Waals surface area contributed by atoms with Gasteiger partial charge >= 0.3 is 0 Å². The smallest absolute Gasteiger partial charge is 0.244 e. The maximum Gasteiger partial charge on any atom is 0.244 e. The van der Waals surface area contributed by atoms with E-state index in [9.17, 15) is 8.42 Å². The van der Waals surface area contributed by atoms with Gasteiger partial charge in [0.25, 0.3) is 0 Å². The van der Waals surface area contributed by atoms with Gasteiger partial charge in [-0.25, -0.2) is 13.1 Å². The molecule has 2 aromatic heterocycles. The Morgan fingerprint density at radius 3 is 2.89 bits per heavy atom. The lowest BCUT2D eigenvalue weighted by Crippen LogP contribution is -2.25. The second kappa shape index (κ2) is 4.86. The lowest BCUT2D eigenvalue weighted by atomic mass is 10.5. The van der Waals surface area contributed by atoms with Crippen LogP contribution in [0.4, 0.5) is 0 Å². The highest BCUT2D eigenvalue weighted by Gasteiger charge is 2.19. The van der Waals surface area contributed by atoms with E-state index in [1.54, 1.807) is 17.8 Å². The molecule has 0 spiro atoms. The second-order valence-electron chi connectivity index (χ2n) is 3.72. The molecule has 0 unspecified atom stereocenters. The van der Waals surface area contributed by atoms with Crippen molar-refractivity contribution in [1.29, 1.82) is 0 Å². The van der Waals surface area contributed by atoms with E-state index in [1.807, 2.05) is 6.92 Å². The van der Waals surface area contributed by atoms with Crippen LogP contribution in [0, 0.1) is 6.92 Å². The van der Waals surface area contributed by atoms with Gasteiger partial charge in [-0.05, 0) is 13.8 Å². The molecule has 0 aliphatic carbocycles. The summed E-state index contributed by atoms with van der Waals surface area (Å²) >= 11 is 0. The first-order valence-electron chi connectivity index (χ1n) is 5.41. The molecule has 98 valence electrons. The second-order valence-corrected chi connectivity index (χ2v) is 5.45. The molecule has 2 rings (SSSR count). The van der Waals surface area contributed by atoms with E-state index in [0.717, 1.165) is 0 Å². The van der Waals surface area contributed by atoms with Crippen LogP contribution in [0.25, 0.3) is 0 Å². The molecule has 2 heterocycles. The zero-order chi connectivity index (χ0) is 13.2. The zero-order valence-corrected chi connectivity index (χ0v) is 10.9. The van der Waals surface area contributed by atoms with Crippen LogP contribution in [-0.4, -0.2) is 33.4 Å². The van der Waals surface area contributed by atoms with E-state index in [4.69, 9.17) is 0 Å². The number of hydrogen-bond acceptors (Lipinski definition) is 5. The lowest BCUT2D eigenvalue weighted by Gasteiger charge is -2.06. The van der Waals surface area contributed by atoms with Crippen molar-refractivity contribution >= 4 is 10.0 Å². The molecule has 0 aliphatic rings. The van der Waals surface area contributed by atoms with Crippen LogP contribution in [0.1, 0.15) is 18.4 Å². The zero-order valence-electron chi connectivity index (χ0n) is 10.1. The third-order valence-corrected chi connectivity index (χ3v) is 4.04. The van der Waals surface area contributed by atoms with E-state index in [0.29, 0.717) is 18.1 Å². The number of rotatable bonds is 5. The van der Waals surface area contributed by atoms with Crippen LogP contribution in [-0.2, 0) is 23.1 Å². The molecular weight excluding hydrogens is 256 g/mol. The first-order chi connectivity index (χ1) is 8.54. The minimum atomic E-state index is -3.57. The third kappa shape index (κ3) is 2.41. The molecule has 0 saturated carbocycles. The molecule has 0 atom stereocenters. The summed E-state index contributed by atoms with van der Waals surface area (Å²) in [7, 11) is -3.57. The maximum atomic E-state index is 12.0. The molecule has 0 bridgehead atoms. The summed E-state index contributed by atoms with van der Waals surface area (Å²) < 4.78 is 28.2. The van der Waals surface area contributed by atoms with Gasteiger partial charge in [0, 0.05) is 6.54 Å². The average Bonchev–Trinajstić information content (AvgIpc) is 2.94. The SMILES string of the molecule is CCn1cnnc1CNS(=O)(=O)c1cn[nH]c1C. The van der Waals surface area contributed by atoms with Gasteiger partial charge in [-0.1, -0.05) is 0 Å². The Hall–Kier alpha value is -1.74. The number of aromatic nitrogens is 5. The van der Waals surface area contributed by atoms with Crippen molar-refractivity contribution in [3.8, 4) is 0 Å². The van der Waals surface area contributed by atoms with Crippen molar-refractivity contribution < 1.29 is 8.42 Å². The highest BCUT2D eigenvalue weighted by molar-refractivity contribution is 7.89. The van der Waals surface area contributed by atoms with Crippen LogP contribution < -0.4 is 4.72 Å². The fourth-order valence-electron chi connectivity index (χ4n) is 1.53. The molecule has 9 heteroatoms. The van der Waals surface area contributed by atoms with Gasteiger partial charge in [0.05, 0.1) is 18.4 Å². The molecule has 2 aromatic rings. The van der Waals surface area contributed by atoms with Gasteiger partial charge < -0.3 is 4.57 Å². The number of nitrogens with zero attached hydrogens (tertiary/aromatic N) is 4. The van der Waals surface area contributed by atoms with Crippen molar-refractivity contribution in [2.45, 2.75) is 31.8 Å². The van der Waals surface area contributed by atoms with Crippen LogP contribution in [0.2, 0.25) is 0 Å². The quantitative estimate of drug-likeness (QED) is 0.783. The molecule has 0 amide bonds. The van der Waals surface area contributed by atoms with Gasteiger partial charge in [-0.2, -0.15) is 5.10 Å². The number of H-pyrrole nitrogens is 1. The number of hydrogen-bond donors (Lipinski definition) is 2. The Morgan fingerprint density at radius 1 is 1.50 bits per heavy atom. The van der Waals surface area contributed by atoms with Crippen LogP contribution in [0.5, 0.6) is 0 Å². The Balaban J connectivity index is 2.13. The average molecular weight is 270 g/mol. The molecule has 0 fully saturated rings. The summed E-state index contributed by atoms with van der Waals surface area (Å²) in [5, 5.41) is 13.9. The first kappa shape index (κ1) is 12.7. The Bertz CT molecular complexity index is 629. The van der Waals surface area contributed by atoms with Gasteiger partial charge in [0.1, 0.15) is 17.0 Å². The van der Waals surface area contributed by atoms with Crippen LogP contribution >= 0.6 is 0 Å². The fraction of sp³-hybridized carbons (Fsp3) is 0.444. The minimum Gasteiger partial charge on any atom is -0.317 e. The van der Waals surface area contributed by atoms with Crippen LogP contribution in [0.3, 0.4) is 0 Å². The predicted molar refractivity (Wildman–Crippen MR) is 63.0 cm³/mol. The van der Waals surface area contributed by atoms with Crippen molar-refractivity contribution in [1.82, 2.24) is 29.7 Å². The first-order valence-corrected chi connectivity index (χ1v) is 6.89. The number of nitrogens with one attached hydrogen (secondary N) is 2. The standard InChI is InChI=1S/C9H14N6O2S/c1-3-15-6-11-14-9(15)5-12-18(16,17)8-4-10-13-7(8)2/h4,6,12H,3,5H2,1-2H3,(H,10,13). The monoisotopic (exact) mass is 270 g/mol. The molecule has 0 saturated heterocycles. The topological polar surface area (TPSA) is 106 Å². The third-order valence-electron chi connectivity index (χ3n) is 2.53. The largest absolute Gasteiger partial charge is 0.317 e. The van der Waals surface area contributed by atoms with Crippen molar-refractivity contribution in [3.63, 3.8) is 0 Å². The Morgan fingerprint density at radius 2 is 2.28 bits per heavy atom. The van der Waals surface area contributed by atoms with Gasteiger partial charge in [0.2, 0.25) is 10.0 Å². The summed E-state index contributed by atoms with van der Waals surface area (Å²) in [6.07, 6.45) is 2.84. The minimum absolute atomic E-state index is 0.0980. The number of aryl methyl sites for hydroxylation is 2. The summed E-state index contributed by atoms with van der Waals surface area (Å²) in [6.45, 7) is 4.37. The molecule has 18 heavy (non-hydrogen) atoms. The lowest BCUT2D eigenvalue weighted by molar-refractivity contribution is 0.574. The number of aromatic amines is 1. The molecular formula is C9H14N6O2S. The van der Waals surface area contributed by atoms with E-state index in [-0.39, 0.29) is 11.4 Å². The van der Waals surface area contributed by atoms with Crippen molar-refractivity contribution in [2.75, 3.05) is 0 Å². The fourth-order valence-corrected chi connectivity index (χ4v) is 2.64.